The minimum atomic E-state index is -1.06. The van der Waals surface area contributed by atoms with Crippen molar-refractivity contribution in [1.82, 2.24) is 5.32 Å². The maximum atomic E-state index is 11.6. The highest BCUT2D eigenvalue weighted by molar-refractivity contribution is 8.06. The molecule has 2 atom stereocenters. The van der Waals surface area contributed by atoms with E-state index < -0.39 is 12.0 Å². The summed E-state index contributed by atoms with van der Waals surface area (Å²) in [5.74, 6) is 1.87. The third-order valence-corrected chi connectivity index (χ3v) is 5.11. The third kappa shape index (κ3) is 5.65. The van der Waals surface area contributed by atoms with Crippen molar-refractivity contribution in [2.24, 2.45) is 0 Å². The van der Waals surface area contributed by atoms with Crippen LogP contribution in [0, 0.1) is 0 Å². The SMILES string of the molecule is COCC(NC(=O)CC1CSCCS1)C(=O)O. The van der Waals surface area contributed by atoms with E-state index in [2.05, 4.69) is 5.32 Å². The monoisotopic (exact) mass is 279 g/mol. The molecule has 1 aliphatic heterocycles. The number of nitrogens with one attached hydrogen (secondary N) is 1. The first-order chi connectivity index (χ1) is 8.13. The van der Waals surface area contributed by atoms with Gasteiger partial charge in [-0.25, -0.2) is 4.79 Å². The third-order valence-electron chi connectivity index (χ3n) is 2.26. The molecule has 0 aromatic carbocycles. The van der Waals surface area contributed by atoms with Crippen molar-refractivity contribution >= 4 is 35.4 Å². The summed E-state index contributed by atoms with van der Waals surface area (Å²) >= 11 is 3.62. The van der Waals surface area contributed by atoms with Gasteiger partial charge >= 0.3 is 5.97 Å². The van der Waals surface area contributed by atoms with Crippen molar-refractivity contribution in [3.63, 3.8) is 0 Å². The highest BCUT2D eigenvalue weighted by atomic mass is 32.2. The minimum absolute atomic E-state index is 0.00632. The molecule has 1 heterocycles. The van der Waals surface area contributed by atoms with E-state index in [1.165, 1.54) is 7.11 Å². The summed E-state index contributed by atoms with van der Waals surface area (Å²) in [5.41, 5.74) is 0. The Bertz CT molecular complexity index is 269. The van der Waals surface area contributed by atoms with Crippen molar-refractivity contribution < 1.29 is 19.4 Å². The fourth-order valence-electron chi connectivity index (χ4n) is 1.46. The summed E-state index contributed by atoms with van der Waals surface area (Å²) in [6.45, 7) is -0.00632. The van der Waals surface area contributed by atoms with Gasteiger partial charge in [-0.15, -0.1) is 0 Å². The lowest BCUT2D eigenvalue weighted by Crippen LogP contribution is -2.44. The van der Waals surface area contributed by atoms with Crippen LogP contribution >= 0.6 is 23.5 Å². The van der Waals surface area contributed by atoms with Gasteiger partial charge in [0.25, 0.3) is 0 Å². The first-order valence-corrected chi connectivity index (χ1v) is 7.54. The van der Waals surface area contributed by atoms with E-state index in [0.29, 0.717) is 11.7 Å². The number of carbonyl (C=O) groups is 2. The van der Waals surface area contributed by atoms with Gasteiger partial charge in [-0.3, -0.25) is 4.79 Å². The first-order valence-electron chi connectivity index (χ1n) is 5.34. The largest absolute Gasteiger partial charge is 0.480 e. The van der Waals surface area contributed by atoms with E-state index in [4.69, 9.17) is 9.84 Å². The molecule has 0 bridgehead atoms. The number of ether oxygens (including phenoxy) is 1. The Kier molecular flexibility index (Phi) is 6.76. The predicted octanol–water partition coefficient (Wildman–Crippen LogP) is 0.441. The summed E-state index contributed by atoms with van der Waals surface area (Å²) in [6, 6.07) is -0.950. The molecule has 98 valence electrons. The molecule has 0 radical (unpaired) electrons. The topological polar surface area (TPSA) is 75.6 Å². The van der Waals surface area contributed by atoms with Gasteiger partial charge in [-0.1, -0.05) is 0 Å². The Balaban J connectivity index is 2.33. The number of carboxylic acids is 1. The van der Waals surface area contributed by atoms with Crippen LogP contribution in [0.1, 0.15) is 6.42 Å². The molecule has 5 nitrogen and oxygen atoms in total. The van der Waals surface area contributed by atoms with Crippen LogP contribution in [0.3, 0.4) is 0 Å². The van der Waals surface area contributed by atoms with Gasteiger partial charge in [-0.05, 0) is 0 Å². The number of carboxylic acid groups (broad SMARTS) is 1. The predicted molar refractivity (Wildman–Crippen MR) is 69.6 cm³/mol. The highest BCUT2D eigenvalue weighted by Crippen LogP contribution is 2.26. The highest BCUT2D eigenvalue weighted by Gasteiger charge is 2.23. The van der Waals surface area contributed by atoms with Crippen LogP contribution in [-0.2, 0) is 14.3 Å². The minimum Gasteiger partial charge on any atom is -0.480 e. The van der Waals surface area contributed by atoms with Gasteiger partial charge < -0.3 is 15.2 Å². The van der Waals surface area contributed by atoms with Crippen LogP contribution < -0.4 is 5.32 Å². The van der Waals surface area contributed by atoms with Crippen molar-refractivity contribution in [2.75, 3.05) is 31.0 Å². The van der Waals surface area contributed by atoms with Crippen molar-refractivity contribution in [2.45, 2.75) is 17.7 Å². The maximum Gasteiger partial charge on any atom is 0.328 e. The molecular formula is C10H17NO4S2. The molecule has 2 unspecified atom stereocenters. The van der Waals surface area contributed by atoms with Crippen LogP contribution in [0.15, 0.2) is 0 Å². The smallest absolute Gasteiger partial charge is 0.328 e. The van der Waals surface area contributed by atoms with E-state index in [9.17, 15) is 9.59 Å². The van der Waals surface area contributed by atoms with Crippen LogP contribution in [0.4, 0.5) is 0 Å². The second-order valence-electron chi connectivity index (χ2n) is 3.69. The first kappa shape index (κ1) is 14.7. The number of thioether (sulfide) groups is 2. The van der Waals surface area contributed by atoms with Gasteiger partial charge in [0.1, 0.15) is 0 Å². The molecule has 17 heavy (non-hydrogen) atoms. The molecule has 7 heteroatoms. The van der Waals surface area contributed by atoms with Crippen molar-refractivity contribution in [1.29, 1.82) is 0 Å². The summed E-state index contributed by atoms with van der Waals surface area (Å²) in [4.78, 5) is 22.5. The lowest BCUT2D eigenvalue weighted by atomic mass is 10.2. The maximum absolute atomic E-state index is 11.6. The summed E-state index contributed by atoms with van der Waals surface area (Å²) in [5, 5.41) is 11.6. The molecule has 2 N–H and O–H groups in total. The van der Waals surface area contributed by atoms with E-state index in [1.54, 1.807) is 11.8 Å². The van der Waals surface area contributed by atoms with Crippen LogP contribution in [0.5, 0.6) is 0 Å². The number of amides is 1. The van der Waals surface area contributed by atoms with E-state index in [0.717, 1.165) is 17.3 Å². The molecule has 0 saturated carbocycles. The van der Waals surface area contributed by atoms with Crippen LogP contribution in [0.25, 0.3) is 0 Å². The molecule has 0 aromatic rings. The molecule has 1 fully saturated rings. The molecular weight excluding hydrogens is 262 g/mol. The Morgan fingerprint density at radius 1 is 1.53 bits per heavy atom. The number of hydrogen-bond donors (Lipinski definition) is 2. The van der Waals surface area contributed by atoms with Crippen molar-refractivity contribution in [3.05, 3.63) is 0 Å². The average molecular weight is 279 g/mol. The zero-order valence-corrected chi connectivity index (χ0v) is 11.3. The molecule has 1 saturated heterocycles. The molecule has 0 aliphatic carbocycles. The Morgan fingerprint density at radius 2 is 2.29 bits per heavy atom. The zero-order valence-electron chi connectivity index (χ0n) is 9.68. The molecule has 0 aromatic heterocycles. The standard InChI is InChI=1S/C10H17NO4S2/c1-15-5-8(10(13)14)11-9(12)4-7-6-16-2-3-17-7/h7-8H,2-6H2,1H3,(H,11,12)(H,13,14). The zero-order chi connectivity index (χ0) is 12.7. The fourth-order valence-corrected chi connectivity index (χ4v) is 4.14. The Hall–Kier alpha value is -0.400. The van der Waals surface area contributed by atoms with E-state index >= 15 is 0 Å². The van der Waals surface area contributed by atoms with E-state index in [-0.39, 0.29) is 12.5 Å². The normalized spacial score (nSPS) is 21.8. The Labute approximate surface area is 109 Å². The quantitative estimate of drug-likeness (QED) is 0.735. The Morgan fingerprint density at radius 3 is 2.82 bits per heavy atom. The average Bonchev–Trinajstić information content (AvgIpc) is 2.29. The number of methoxy groups -OCH3 is 1. The molecule has 1 rings (SSSR count). The van der Waals surface area contributed by atoms with E-state index in [1.807, 2.05) is 11.8 Å². The van der Waals surface area contributed by atoms with Gasteiger partial charge in [0, 0.05) is 36.0 Å². The number of aliphatic carboxylic acids is 1. The summed E-state index contributed by atoms with van der Waals surface area (Å²) in [6.07, 6.45) is 0.380. The van der Waals surface area contributed by atoms with Crippen LogP contribution in [-0.4, -0.2) is 59.3 Å². The molecule has 0 spiro atoms. The van der Waals surface area contributed by atoms with Crippen molar-refractivity contribution in [3.8, 4) is 0 Å². The number of hydrogen-bond acceptors (Lipinski definition) is 5. The number of carbonyl (C=O) groups excluding carboxylic acids is 1. The van der Waals surface area contributed by atoms with Gasteiger partial charge in [0.05, 0.1) is 6.61 Å². The van der Waals surface area contributed by atoms with Gasteiger partial charge in [0.15, 0.2) is 6.04 Å². The number of rotatable bonds is 6. The summed E-state index contributed by atoms with van der Waals surface area (Å²) in [7, 11) is 1.41. The summed E-state index contributed by atoms with van der Waals surface area (Å²) < 4.78 is 4.75. The fraction of sp³-hybridized carbons (Fsp3) is 0.800. The second kappa shape index (κ2) is 7.84. The van der Waals surface area contributed by atoms with Crippen LogP contribution in [0.2, 0.25) is 0 Å². The molecule has 1 amide bonds. The lowest BCUT2D eigenvalue weighted by molar-refractivity contribution is -0.143. The second-order valence-corrected chi connectivity index (χ2v) is 6.24. The molecule has 1 aliphatic rings. The van der Waals surface area contributed by atoms with Gasteiger partial charge in [0.2, 0.25) is 5.91 Å². The lowest BCUT2D eigenvalue weighted by Gasteiger charge is -2.21. The van der Waals surface area contributed by atoms with Gasteiger partial charge in [-0.2, -0.15) is 23.5 Å².